The predicted octanol–water partition coefficient (Wildman–Crippen LogP) is 1.39. The van der Waals surface area contributed by atoms with Crippen LogP contribution in [0.5, 0.6) is 5.75 Å². The molecule has 1 aromatic rings. The van der Waals surface area contributed by atoms with Gasteiger partial charge >= 0.3 is 0 Å². The van der Waals surface area contributed by atoms with Crippen molar-refractivity contribution in [3.63, 3.8) is 0 Å². The van der Waals surface area contributed by atoms with Gasteiger partial charge in [0.05, 0.1) is 36.4 Å². The van der Waals surface area contributed by atoms with Crippen LogP contribution in [-0.4, -0.2) is 43.0 Å². The molecule has 0 aliphatic heterocycles. The topological polar surface area (TPSA) is 108 Å². The van der Waals surface area contributed by atoms with Gasteiger partial charge in [0.15, 0.2) is 0 Å². The van der Waals surface area contributed by atoms with Crippen molar-refractivity contribution >= 4 is 17.3 Å². The molecule has 21 heavy (non-hydrogen) atoms. The smallest absolute Gasteiger partial charge is 0.273 e. The molecule has 1 N–H and O–H groups in total. The lowest BCUT2D eigenvalue weighted by Gasteiger charge is -2.15. The van der Waals surface area contributed by atoms with E-state index in [0.29, 0.717) is 18.7 Å². The van der Waals surface area contributed by atoms with Crippen molar-refractivity contribution in [2.24, 2.45) is 0 Å². The van der Waals surface area contributed by atoms with Crippen molar-refractivity contribution in [2.45, 2.75) is 6.42 Å². The van der Waals surface area contributed by atoms with Gasteiger partial charge in [-0.1, -0.05) is 0 Å². The second-order valence-corrected chi connectivity index (χ2v) is 4.34. The van der Waals surface area contributed by atoms with Crippen LogP contribution in [0.2, 0.25) is 0 Å². The van der Waals surface area contributed by atoms with E-state index in [0.717, 1.165) is 0 Å². The number of benzene rings is 1. The van der Waals surface area contributed by atoms with Gasteiger partial charge in [-0.05, 0) is 13.1 Å². The molecule has 0 bridgehead atoms. The van der Waals surface area contributed by atoms with E-state index in [9.17, 15) is 14.9 Å². The number of carbonyl (C=O) groups excluding carboxylic acids is 1. The van der Waals surface area contributed by atoms with Gasteiger partial charge < -0.3 is 10.1 Å². The molecule has 0 saturated carbocycles. The number of likely N-dealkylation sites (N-methyl/N-ethyl adjacent to an activating group) is 1. The number of amides is 1. The maximum Gasteiger partial charge on any atom is 0.273 e. The van der Waals surface area contributed by atoms with Crippen LogP contribution in [0.25, 0.3) is 0 Å². The number of nitro benzene ring substituents is 1. The summed E-state index contributed by atoms with van der Waals surface area (Å²) in [5, 5.41) is 21.8. The van der Waals surface area contributed by atoms with Crippen molar-refractivity contribution in [1.29, 1.82) is 5.26 Å². The number of anilines is 1. The van der Waals surface area contributed by atoms with Crippen LogP contribution in [0.4, 0.5) is 11.4 Å². The third-order valence-corrected chi connectivity index (χ3v) is 2.69. The number of nitriles is 1. The molecular weight excluding hydrogens is 276 g/mol. The third kappa shape index (κ3) is 5.08. The highest BCUT2D eigenvalue weighted by Gasteiger charge is 2.14. The molecule has 0 unspecified atom stereocenters. The van der Waals surface area contributed by atoms with E-state index in [1.54, 1.807) is 11.9 Å². The molecule has 0 radical (unpaired) electrons. The van der Waals surface area contributed by atoms with Crippen LogP contribution in [0, 0.1) is 21.4 Å². The Morgan fingerprint density at radius 1 is 1.57 bits per heavy atom. The average molecular weight is 292 g/mol. The molecule has 0 aromatic heterocycles. The molecule has 0 fully saturated rings. The number of nitro groups is 1. The number of hydrogen-bond acceptors (Lipinski definition) is 6. The predicted molar refractivity (Wildman–Crippen MR) is 76.0 cm³/mol. The number of nitrogens with one attached hydrogen (secondary N) is 1. The summed E-state index contributed by atoms with van der Waals surface area (Å²) in [5.41, 5.74) is 0.248. The highest BCUT2D eigenvalue weighted by atomic mass is 16.6. The van der Waals surface area contributed by atoms with E-state index < -0.39 is 4.92 Å². The Labute approximate surface area is 122 Å². The van der Waals surface area contributed by atoms with Crippen molar-refractivity contribution in [1.82, 2.24) is 4.90 Å². The molecule has 8 nitrogen and oxygen atoms in total. The lowest BCUT2D eigenvalue weighted by Crippen LogP contribution is -2.30. The molecule has 8 heteroatoms. The standard InChI is InChI=1S/C13H16N4O4/c1-16(7-3-6-14)9-13(18)15-11-5-4-10(17(19)20)8-12(11)21-2/h4-5,8H,3,7,9H2,1-2H3,(H,15,18). The van der Waals surface area contributed by atoms with Crippen molar-refractivity contribution in [2.75, 3.05) is 32.6 Å². The average Bonchev–Trinajstić information content (AvgIpc) is 2.45. The summed E-state index contributed by atoms with van der Waals surface area (Å²) in [6.07, 6.45) is 0.338. The molecule has 1 aromatic carbocycles. The number of methoxy groups -OCH3 is 1. The van der Waals surface area contributed by atoms with E-state index in [1.165, 1.54) is 25.3 Å². The molecule has 1 rings (SSSR count). The van der Waals surface area contributed by atoms with Gasteiger partial charge in [0.25, 0.3) is 5.69 Å². The quantitative estimate of drug-likeness (QED) is 0.601. The summed E-state index contributed by atoms with van der Waals surface area (Å²) in [6.45, 7) is 0.600. The van der Waals surface area contributed by atoms with Gasteiger partial charge in [0.2, 0.25) is 5.91 Å². The summed E-state index contributed by atoms with van der Waals surface area (Å²) in [5.74, 6) is -0.0696. The largest absolute Gasteiger partial charge is 0.494 e. The first-order valence-corrected chi connectivity index (χ1v) is 6.15. The number of non-ortho nitro benzene ring substituents is 1. The van der Waals surface area contributed by atoms with E-state index >= 15 is 0 Å². The fourth-order valence-electron chi connectivity index (χ4n) is 1.65. The molecule has 112 valence electrons. The Bertz CT molecular complexity index is 568. The monoisotopic (exact) mass is 292 g/mol. The number of nitrogens with zero attached hydrogens (tertiary/aromatic N) is 3. The zero-order valence-corrected chi connectivity index (χ0v) is 11.8. The number of hydrogen-bond donors (Lipinski definition) is 1. The van der Waals surface area contributed by atoms with Crippen LogP contribution >= 0.6 is 0 Å². The molecular formula is C13H16N4O4. The molecule has 1 amide bonds. The maximum absolute atomic E-state index is 11.8. The van der Waals surface area contributed by atoms with Crippen LogP contribution in [0.1, 0.15) is 6.42 Å². The minimum Gasteiger partial charge on any atom is -0.494 e. The van der Waals surface area contributed by atoms with Crippen LogP contribution in [-0.2, 0) is 4.79 Å². The van der Waals surface area contributed by atoms with Crippen molar-refractivity contribution < 1.29 is 14.5 Å². The minimum absolute atomic E-state index is 0.113. The second kappa shape index (κ2) is 7.81. The summed E-state index contributed by atoms with van der Waals surface area (Å²) >= 11 is 0. The number of ether oxygens (including phenoxy) is 1. The van der Waals surface area contributed by atoms with E-state index in [2.05, 4.69) is 5.32 Å². The minimum atomic E-state index is -0.538. The highest BCUT2D eigenvalue weighted by Crippen LogP contribution is 2.28. The van der Waals surface area contributed by atoms with Crippen LogP contribution in [0.15, 0.2) is 18.2 Å². The Kier molecular flexibility index (Phi) is 6.10. The summed E-state index contributed by atoms with van der Waals surface area (Å²) < 4.78 is 5.03. The lowest BCUT2D eigenvalue weighted by atomic mass is 10.2. The van der Waals surface area contributed by atoms with Crippen molar-refractivity contribution in [3.05, 3.63) is 28.3 Å². The van der Waals surface area contributed by atoms with Gasteiger partial charge in [-0.15, -0.1) is 0 Å². The van der Waals surface area contributed by atoms with E-state index in [-0.39, 0.29) is 23.9 Å². The highest BCUT2D eigenvalue weighted by molar-refractivity contribution is 5.93. The SMILES string of the molecule is COc1cc([N+](=O)[O-])ccc1NC(=O)CN(C)CCC#N. The van der Waals surface area contributed by atoms with Gasteiger partial charge in [-0.3, -0.25) is 19.8 Å². The normalized spacial score (nSPS) is 10.0. The third-order valence-electron chi connectivity index (χ3n) is 2.69. The number of carbonyl (C=O) groups is 1. The Morgan fingerprint density at radius 3 is 2.86 bits per heavy atom. The second-order valence-electron chi connectivity index (χ2n) is 4.34. The molecule has 0 atom stereocenters. The first-order valence-electron chi connectivity index (χ1n) is 6.15. The van der Waals surface area contributed by atoms with Crippen LogP contribution < -0.4 is 10.1 Å². The first-order chi connectivity index (χ1) is 9.97. The Morgan fingerprint density at radius 2 is 2.29 bits per heavy atom. The fraction of sp³-hybridized carbons (Fsp3) is 0.385. The molecule has 0 aliphatic carbocycles. The molecule has 0 spiro atoms. The van der Waals surface area contributed by atoms with Crippen LogP contribution in [0.3, 0.4) is 0 Å². The van der Waals surface area contributed by atoms with Gasteiger partial charge in [0.1, 0.15) is 5.75 Å². The zero-order valence-electron chi connectivity index (χ0n) is 11.8. The molecule has 0 aliphatic rings. The number of rotatable bonds is 7. The van der Waals surface area contributed by atoms with Gasteiger partial charge in [-0.2, -0.15) is 5.26 Å². The molecule has 0 heterocycles. The van der Waals surface area contributed by atoms with Gasteiger partial charge in [-0.25, -0.2) is 0 Å². The molecule has 0 saturated heterocycles. The maximum atomic E-state index is 11.8. The summed E-state index contributed by atoms with van der Waals surface area (Å²) in [7, 11) is 3.09. The van der Waals surface area contributed by atoms with Gasteiger partial charge in [0, 0.05) is 19.0 Å². The first kappa shape index (κ1) is 16.4. The Hall–Kier alpha value is -2.66. The Balaban J connectivity index is 2.72. The summed E-state index contributed by atoms with van der Waals surface area (Å²) in [4.78, 5) is 23.7. The van der Waals surface area contributed by atoms with E-state index in [1.807, 2.05) is 6.07 Å². The van der Waals surface area contributed by atoms with Crippen molar-refractivity contribution in [3.8, 4) is 11.8 Å². The fourth-order valence-corrected chi connectivity index (χ4v) is 1.65. The zero-order chi connectivity index (χ0) is 15.8. The van der Waals surface area contributed by atoms with E-state index in [4.69, 9.17) is 10.00 Å². The lowest BCUT2D eigenvalue weighted by molar-refractivity contribution is -0.384. The summed E-state index contributed by atoms with van der Waals surface area (Å²) in [6, 6.07) is 5.95.